The van der Waals surface area contributed by atoms with Gasteiger partial charge in [0.25, 0.3) is 0 Å². The van der Waals surface area contributed by atoms with Crippen LogP contribution in [0.3, 0.4) is 0 Å². The molecule has 1 saturated carbocycles. The molecule has 9 heteroatoms. The molecule has 1 aliphatic carbocycles. The number of nitrogens with one attached hydrogen (secondary N) is 2. The molecular formula is C10H18N2O6S. The Morgan fingerprint density at radius 3 is 2.32 bits per heavy atom. The van der Waals surface area contributed by atoms with Crippen LogP contribution in [0.5, 0.6) is 0 Å². The summed E-state index contributed by atoms with van der Waals surface area (Å²) >= 11 is 0. The minimum Gasteiger partial charge on any atom is -0.481 e. The van der Waals surface area contributed by atoms with E-state index in [0.29, 0.717) is 25.7 Å². The maximum atomic E-state index is 11.6. The standard InChI is InChI=1S/C10H18N2O6S/c1-2-18-10(15)12-19(16,17)11-8-5-3-7(4-6-8)9(13)14/h7-8,11H,2-6H2,1H3,(H,12,15)(H,13,14). The molecule has 0 saturated heterocycles. The smallest absolute Gasteiger partial charge is 0.421 e. The summed E-state index contributed by atoms with van der Waals surface area (Å²) in [7, 11) is -3.96. The summed E-state index contributed by atoms with van der Waals surface area (Å²) in [5, 5.41) is 8.82. The van der Waals surface area contributed by atoms with Gasteiger partial charge in [0.1, 0.15) is 0 Å². The van der Waals surface area contributed by atoms with Gasteiger partial charge in [0.2, 0.25) is 0 Å². The van der Waals surface area contributed by atoms with E-state index in [1.807, 2.05) is 0 Å². The second-order valence-electron chi connectivity index (χ2n) is 4.33. The molecule has 110 valence electrons. The second kappa shape index (κ2) is 6.71. The highest BCUT2D eigenvalue weighted by Crippen LogP contribution is 2.24. The molecule has 1 aliphatic rings. The van der Waals surface area contributed by atoms with Gasteiger partial charge in [-0.25, -0.2) is 9.52 Å². The number of hydrogen-bond acceptors (Lipinski definition) is 5. The van der Waals surface area contributed by atoms with Gasteiger partial charge in [-0.15, -0.1) is 0 Å². The summed E-state index contributed by atoms with van der Waals surface area (Å²) in [6.45, 7) is 1.64. The Labute approximate surface area is 111 Å². The van der Waals surface area contributed by atoms with E-state index in [0.717, 1.165) is 0 Å². The molecule has 1 fully saturated rings. The topological polar surface area (TPSA) is 122 Å². The molecule has 8 nitrogen and oxygen atoms in total. The van der Waals surface area contributed by atoms with Crippen LogP contribution in [0.25, 0.3) is 0 Å². The molecule has 0 aromatic heterocycles. The van der Waals surface area contributed by atoms with Gasteiger partial charge in [-0.05, 0) is 32.6 Å². The van der Waals surface area contributed by atoms with E-state index < -0.39 is 28.2 Å². The van der Waals surface area contributed by atoms with E-state index in [9.17, 15) is 18.0 Å². The molecule has 0 heterocycles. The molecule has 19 heavy (non-hydrogen) atoms. The van der Waals surface area contributed by atoms with Crippen LogP contribution in [-0.4, -0.2) is 38.2 Å². The van der Waals surface area contributed by atoms with Crippen molar-refractivity contribution in [3.8, 4) is 0 Å². The number of carbonyl (C=O) groups excluding carboxylic acids is 1. The molecule has 3 N–H and O–H groups in total. The van der Waals surface area contributed by atoms with Crippen LogP contribution in [-0.2, 0) is 19.7 Å². The monoisotopic (exact) mass is 294 g/mol. The summed E-state index contributed by atoms with van der Waals surface area (Å²) in [5.41, 5.74) is 0. The predicted molar refractivity (Wildman–Crippen MR) is 65.6 cm³/mol. The molecule has 0 atom stereocenters. The zero-order valence-electron chi connectivity index (χ0n) is 10.6. The minimum atomic E-state index is -3.96. The molecule has 1 rings (SSSR count). The average Bonchev–Trinajstić information content (AvgIpc) is 2.28. The highest BCUT2D eigenvalue weighted by molar-refractivity contribution is 7.88. The van der Waals surface area contributed by atoms with Crippen molar-refractivity contribution in [3.05, 3.63) is 0 Å². The van der Waals surface area contributed by atoms with Crippen LogP contribution in [0.15, 0.2) is 0 Å². The van der Waals surface area contributed by atoms with Crippen molar-refractivity contribution in [2.24, 2.45) is 5.92 Å². The van der Waals surface area contributed by atoms with Crippen LogP contribution < -0.4 is 9.44 Å². The summed E-state index contributed by atoms with van der Waals surface area (Å²) in [6.07, 6.45) is 0.667. The van der Waals surface area contributed by atoms with Crippen molar-refractivity contribution in [2.45, 2.75) is 38.6 Å². The van der Waals surface area contributed by atoms with Crippen LogP contribution in [0.1, 0.15) is 32.6 Å². The summed E-state index contributed by atoms with van der Waals surface area (Å²) in [5.74, 6) is -1.27. The molecule has 0 radical (unpaired) electrons. The van der Waals surface area contributed by atoms with E-state index in [-0.39, 0.29) is 12.6 Å². The molecule has 1 amide bonds. The van der Waals surface area contributed by atoms with Crippen molar-refractivity contribution >= 4 is 22.3 Å². The molecule has 0 spiro atoms. The number of carbonyl (C=O) groups is 2. The van der Waals surface area contributed by atoms with E-state index in [4.69, 9.17) is 5.11 Å². The predicted octanol–water partition coefficient (Wildman–Crippen LogP) is 0.210. The van der Waals surface area contributed by atoms with Crippen LogP contribution >= 0.6 is 0 Å². The van der Waals surface area contributed by atoms with E-state index in [1.54, 1.807) is 11.6 Å². The second-order valence-corrected chi connectivity index (χ2v) is 5.78. The maximum absolute atomic E-state index is 11.6. The first kappa shape index (κ1) is 15.7. The Balaban J connectivity index is 2.43. The fraction of sp³-hybridized carbons (Fsp3) is 0.800. The minimum absolute atomic E-state index is 0.0745. The Bertz CT molecular complexity index is 427. The number of rotatable bonds is 5. The third kappa shape index (κ3) is 5.43. The maximum Gasteiger partial charge on any atom is 0.421 e. The van der Waals surface area contributed by atoms with Gasteiger partial charge < -0.3 is 9.84 Å². The highest BCUT2D eigenvalue weighted by Gasteiger charge is 2.28. The molecular weight excluding hydrogens is 276 g/mol. The molecule has 0 bridgehead atoms. The van der Waals surface area contributed by atoms with Crippen molar-refractivity contribution in [1.29, 1.82) is 0 Å². The fourth-order valence-electron chi connectivity index (χ4n) is 1.98. The number of amides is 1. The quantitative estimate of drug-likeness (QED) is 0.666. The first-order valence-corrected chi connectivity index (χ1v) is 7.52. The summed E-state index contributed by atoms with van der Waals surface area (Å²) in [4.78, 5) is 21.8. The Morgan fingerprint density at radius 2 is 1.84 bits per heavy atom. The zero-order chi connectivity index (χ0) is 14.5. The number of carboxylic acid groups (broad SMARTS) is 1. The lowest BCUT2D eigenvalue weighted by atomic mass is 9.87. The van der Waals surface area contributed by atoms with Crippen LogP contribution in [0.4, 0.5) is 4.79 Å². The Morgan fingerprint density at radius 1 is 1.26 bits per heavy atom. The van der Waals surface area contributed by atoms with E-state index >= 15 is 0 Å². The average molecular weight is 294 g/mol. The van der Waals surface area contributed by atoms with Gasteiger partial charge in [-0.2, -0.15) is 13.1 Å². The lowest BCUT2D eigenvalue weighted by Crippen LogP contribution is -2.46. The third-order valence-electron chi connectivity index (χ3n) is 2.89. The largest absolute Gasteiger partial charge is 0.481 e. The fourth-order valence-corrected chi connectivity index (χ4v) is 2.99. The number of aliphatic carboxylic acids is 1. The van der Waals surface area contributed by atoms with Gasteiger partial charge in [0.15, 0.2) is 0 Å². The van der Waals surface area contributed by atoms with E-state index in [1.165, 1.54) is 0 Å². The lowest BCUT2D eigenvalue weighted by Gasteiger charge is -2.26. The first-order chi connectivity index (χ1) is 8.84. The molecule has 0 aromatic rings. The van der Waals surface area contributed by atoms with Gasteiger partial charge >= 0.3 is 22.3 Å². The van der Waals surface area contributed by atoms with Gasteiger partial charge in [-0.1, -0.05) is 0 Å². The zero-order valence-corrected chi connectivity index (χ0v) is 11.4. The third-order valence-corrected chi connectivity index (χ3v) is 3.97. The van der Waals surface area contributed by atoms with Crippen LogP contribution in [0, 0.1) is 5.92 Å². The normalized spacial score (nSPS) is 23.6. The van der Waals surface area contributed by atoms with Crippen molar-refractivity contribution in [1.82, 2.24) is 9.44 Å². The lowest BCUT2D eigenvalue weighted by molar-refractivity contribution is -0.142. The SMILES string of the molecule is CCOC(=O)NS(=O)(=O)NC1CCC(C(=O)O)CC1. The first-order valence-electron chi connectivity index (χ1n) is 6.03. The van der Waals surface area contributed by atoms with Crippen molar-refractivity contribution in [2.75, 3.05) is 6.61 Å². The van der Waals surface area contributed by atoms with E-state index in [2.05, 4.69) is 9.46 Å². The molecule has 0 unspecified atom stereocenters. The number of carboxylic acids is 1. The Hall–Kier alpha value is -1.35. The van der Waals surface area contributed by atoms with Crippen LogP contribution in [0.2, 0.25) is 0 Å². The summed E-state index contributed by atoms with van der Waals surface area (Å²) < 4.78 is 31.6. The van der Waals surface area contributed by atoms with Gasteiger partial charge in [0, 0.05) is 6.04 Å². The Kier molecular flexibility index (Phi) is 5.55. The van der Waals surface area contributed by atoms with Gasteiger partial charge in [0.05, 0.1) is 12.5 Å². The molecule has 0 aliphatic heterocycles. The van der Waals surface area contributed by atoms with Crippen molar-refractivity contribution in [3.63, 3.8) is 0 Å². The van der Waals surface area contributed by atoms with Gasteiger partial charge in [-0.3, -0.25) is 4.79 Å². The number of ether oxygens (including phenoxy) is 1. The highest BCUT2D eigenvalue weighted by atomic mass is 32.2. The van der Waals surface area contributed by atoms with Crippen molar-refractivity contribution < 1.29 is 27.9 Å². The number of hydrogen-bond donors (Lipinski definition) is 3. The summed E-state index contributed by atoms with van der Waals surface area (Å²) in [6, 6.07) is -0.359. The molecule has 0 aromatic carbocycles.